The average molecular weight is 291 g/mol. The highest BCUT2D eigenvalue weighted by atomic mass is 16.5. The lowest BCUT2D eigenvalue weighted by molar-refractivity contribution is -0.146. The Labute approximate surface area is 124 Å². The van der Waals surface area contributed by atoms with Gasteiger partial charge in [0.25, 0.3) is 0 Å². The summed E-state index contributed by atoms with van der Waals surface area (Å²) in [6, 6.07) is 7.37. The van der Waals surface area contributed by atoms with Crippen molar-refractivity contribution in [2.75, 3.05) is 40.3 Å². The molecule has 0 atom stereocenters. The van der Waals surface area contributed by atoms with Gasteiger partial charge in [-0.15, -0.1) is 0 Å². The molecule has 0 spiro atoms. The quantitative estimate of drug-likeness (QED) is 0.802. The minimum absolute atomic E-state index is 0.336. The van der Waals surface area contributed by atoms with Gasteiger partial charge in [-0.3, -0.25) is 9.59 Å². The normalized spacial score (nSPS) is 15.6. The minimum atomic E-state index is -0.546. The smallest absolute Gasteiger partial charge is 0.311 e. The van der Waals surface area contributed by atoms with Gasteiger partial charge in [-0.2, -0.15) is 0 Å². The van der Waals surface area contributed by atoms with E-state index in [4.69, 9.17) is 4.74 Å². The molecule has 1 aromatic rings. The Balaban J connectivity index is 1.81. The summed E-state index contributed by atoms with van der Waals surface area (Å²) < 4.78 is 5.07. The summed E-state index contributed by atoms with van der Waals surface area (Å²) in [7, 11) is 3.61. The number of piperazine rings is 1. The number of hydrogen-bond donors (Lipinski definition) is 1. The molecule has 0 saturated carbocycles. The highest BCUT2D eigenvalue weighted by Crippen LogP contribution is 2.11. The number of nitrogens with zero attached hydrogens (tertiary/aromatic N) is 2. The third kappa shape index (κ3) is 4.19. The van der Waals surface area contributed by atoms with E-state index in [0.717, 1.165) is 24.4 Å². The van der Waals surface area contributed by atoms with Crippen molar-refractivity contribution in [2.45, 2.75) is 6.54 Å². The van der Waals surface area contributed by atoms with Crippen LogP contribution in [0.1, 0.15) is 5.56 Å². The fourth-order valence-corrected chi connectivity index (χ4v) is 2.15. The Hall–Kier alpha value is -2.08. The molecule has 1 aliphatic rings. The number of benzene rings is 1. The standard InChI is InChI=1S/C15H21N3O3/c1-17-7-9-18(10-8-17)15(20)14(19)16-11-12-3-5-13(21-2)6-4-12/h3-6H,7-11H2,1-2H3,(H,16,19). The summed E-state index contributed by atoms with van der Waals surface area (Å²) >= 11 is 0. The van der Waals surface area contributed by atoms with Crippen LogP contribution in [-0.2, 0) is 16.1 Å². The van der Waals surface area contributed by atoms with Crippen LogP contribution in [0.4, 0.5) is 0 Å². The molecule has 0 bridgehead atoms. The van der Waals surface area contributed by atoms with Crippen LogP contribution in [0.25, 0.3) is 0 Å². The molecule has 0 aromatic heterocycles. The molecule has 1 aliphatic heterocycles. The minimum Gasteiger partial charge on any atom is -0.497 e. The van der Waals surface area contributed by atoms with Crippen LogP contribution in [0, 0.1) is 0 Å². The van der Waals surface area contributed by atoms with Crippen LogP contribution in [0.2, 0.25) is 0 Å². The largest absolute Gasteiger partial charge is 0.497 e. The predicted molar refractivity (Wildman–Crippen MR) is 78.9 cm³/mol. The van der Waals surface area contributed by atoms with Gasteiger partial charge in [-0.1, -0.05) is 12.1 Å². The number of likely N-dealkylation sites (N-methyl/N-ethyl adjacent to an activating group) is 1. The van der Waals surface area contributed by atoms with Crippen LogP contribution >= 0.6 is 0 Å². The molecule has 114 valence electrons. The summed E-state index contributed by atoms with van der Waals surface area (Å²) in [5.41, 5.74) is 0.926. The molecule has 0 radical (unpaired) electrons. The van der Waals surface area contributed by atoms with Gasteiger partial charge in [0.05, 0.1) is 7.11 Å². The highest BCUT2D eigenvalue weighted by Gasteiger charge is 2.24. The number of nitrogens with one attached hydrogen (secondary N) is 1. The van der Waals surface area contributed by atoms with Crippen molar-refractivity contribution >= 4 is 11.8 Å². The summed E-state index contributed by atoms with van der Waals surface area (Å²) in [5.74, 6) is -0.231. The second-order valence-corrected chi connectivity index (χ2v) is 5.13. The number of carbonyl (C=O) groups excluding carboxylic acids is 2. The molecule has 0 aliphatic carbocycles. The lowest BCUT2D eigenvalue weighted by Gasteiger charge is -2.31. The molecule has 1 saturated heterocycles. The maximum Gasteiger partial charge on any atom is 0.311 e. The molecule has 0 unspecified atom stereocenters. The molecule has 6 nitrogen and oxygen atoms in total. The van der Waals surface area contributed by atoms with Gasteiger partial charge in [0, 0.05) is 32.7 Å². The van der Waals surface area contributed by atoms with Crippen molar-refractivity contribution in [1.29, 1.82) is 0 Å². The van der Waals surface area contributed by atoms with Crippen molar-refractivity contribution in [2.24, 2.45) is 0 Å². The maximum absolute atomic E-state index is 12.0. The van der Waals surface area contributed by atoms with E-state index in [1.54, 1.807) is 12.0 Å². The molecule has 1 fully saturated rings. The van der Waals surface area contributed by atoms with Gasteiger partial charge in [-0.05, 0) is 24.7 Å². The summed E-state index contributed by atoms with van der Waals surface area (Å²) in [4.78, 5) is 27.6. The van der Waals surface area contributed by atoms with E-state index in [2.05, 4.69) is 10.2 Å². The zero-order valence-corrected chi connectivity index (χ0v) is 12.5. The van der Waals surface area contributed by atoms with Crippen LogP contribution in [0.3, 0.4) is 0 Å². The van der Waals surface area contributed by atoms with Crippen molar-refractivity contribution in [3.63, 3.8) is 0 Å². The van der Waals surface area contributed by atoms with Gasteiger partial charge >= 0.3 is 11.8 Å². The summed E-state index contributed by atoms with van der Waals surface area (Å²) in [5, 5.41) is 2.66. The average Bonchev–Trinajstić information content (AvgIpc) is 2.53. The molecule has 6 heteroatoms. The Bertz CT molecular complexity index is 493. The summed E-state index contributed by atoms with van der Waals surface area (Å²) in [6.07, 6.45) is 0. The second-order valence-electron chi connectivity index (χ2n) is 5.13. The van der Waals surface area contributed by atoms with Crippen LogP contribution in [0.15, 0.2) is 24.3 Å². The fraction of sp³-hybridized carbons (Fsp3) is 0.467. The monoisotopic (exact) mass is 291 g/mol. The van der Waals surface area contributed by atoms with E-state index in [-0.39, 0.29) is 0 Å². The zero-order chi connectivity index (χ0) is 15.2. The number of carbonyl (C=O) groups is 2. The molecular formula is C15H21N3O3. The lowest BCUT2D eigenvalue weighted by Crippen LogP contribution is -2.51. The third-order valence-electron chi connectivity index (χ3n) is 3.60. The Morgan fingerprint density at radius 3 is 2.33 bits per heavy atom. The lowest BCUT2D eigenvalue weighted by atomic mass is 10.2. The van der Waals surface area contributed by atoms with E-state index >= 15 is 0 Å². The number of amides is 2. The molecule has 1 heterocycles. The second kappa shape index (κ2) is 7.08. The van der Waals surface area contributed by atoms with Gasteiger partial charge in [0.2, 0.25) is 0 Å². The van der Waals surface area contributed by atoms with Crippen molar-refractivity contribution in [1.82, 2.24) is 15.1 Å². The van der Waals surface area contributed by atoms with Gasteiger partial charge in [0.1, 0.15) is 5.75 Å². The zero-order valence-electron chi connectivity index (χ0n) is 12.5. The van der Waals surface area contributed by atoms with Gasteiger partial charge < -0.3 is 19.9 Å². The van der Waals surface area contributed by atoms with Gasteiger partial charge in [-0.25, -0.2) is 0 Å². The number of methoxy groups -OCH3 is 1. The first-order chi connectivity index (χ1) is 10.1. The first kappa shape index (κ1) is 15.3. The van der Waals surface area contributed by atoms with Crippen molar-refractivity contribution in [3.05, 3.63) is 29.8 Å². The van der Waals surface area contributed by atoms with Crippen LogP contribution < -0.4 is 10.1 Å². The molecule has 2 amide bonds. The molecular weight excluding hydrogens is 270 g/mol. The van der Waals surface area contributed by atoms with E-state index in [1.807, 2.05) is 31.3 Å². The first-order valence-electron chi connectivity index (χ1n) is 6.98. The molecule has 1 aromatic carbocycles. The van der Waals surface area contributed by atoms with Crippen LogP contribution in [0.5, 0.6) is 5.75 Å². The van der Waals surface area contributed by atoms with E-state index < -0.39 is 11.8 Å². The Morgan fingerprint density at radius 1 is 1.14 bits per heavy atom. The third-order valence-corrected chi connectivity index (χ3v) is 3.60. The predicted octanol–water partition coefficient (Wildman–Crippen LogP) is 0.0854. The Morgan fingerprint density at radius 2 is 1.76 bits per heavy atom. The van der Waals surface area contributed by atoms with Crippen LogP contribution in [-0.4, -0.2) is 62.0 Å². The fourth-order valence-electron chi connectivity index (χ4n) is 2.15. The van der Waals surface area contributed by atoms with E-state index in [1.165, 1.54) is 0 Å². The SMILES string of the molecule is COc1ccc(CNC(=O)C(=O)N2CCN(C)CC2)cc1. The summed E-state index contributed by atoms with van der Waals surface area (Å²) in [6.45, 7) is 3.15. The number of ether oxygens (including phenoxy) is 1. The topological polar surface area (TPSA) is 61.9 Å². The Kier molecular flexibility index (Phi) is 5.16. The number of hydrogen-bond acceptors (Lipinski definition) is 4. The van der Waals surface area contributed by atoms with E-state index in [0.29, 0.717) is 19.6 Å². The number of rotatable bonds is 3. The molecule has 21 heavy (non-hydrogen) atoms. The highest BCUT2D eigenvalue weighted by molar-refractivity contribution is 6.34. The first-order valence-corrected chi connectivity index (χ1v) is 6.98. The van der Waals surface area contributed by atoms with Crippen molar-refractivity contribution in [3.8, 4) is 5.75 Å². The van der Waals surface area contributed by atoms with Gasteiger partial charge in [0.15, 0.2) is 0 Å². The van der Waals surface area contributed by atoms with Crippen molar-refractivity contribution < 1.29 is 14.3 Å². The van der Waals surface area contributed by atoms with E-state index in [9.17, 15) is 9.59 Å². The molecule has 1 N–H and O–H groups in total. The maximum atomic E-state index is 12.0. The molecule has 2 rings (SSSR count).